The van der Waals surface area contributed by atoms with Crippen molar-refractivity contribution in [2.75, 3.05) is 0 Å². The lowest BCUT2D eigenvalue weighted by molar-refractivity contribution is 0.103. The summed E-state index contributed by atoms with van der Waals surface area (Å²) in [4.78, 5) is 16.4. The van der Waals surface area contributed by atoms with Crippen LogP contribution in [0.2, 0.25) is 0 Å². The van der Waals surface area contributed by atoms with Crippen LogP contribution in [0.15, 0.2) is 29.6 Å². The van der Waals surface area contributed by atoms with Crippen LogP contribution in [0.25, 0.3) is 0 Å². The van der Waals surface area contributed by atoms with Crippen LogP contribution < -0.4 is 0 Å². The molecule has 0 saturated heterocycles. The Morgan fingerprint density at radius 3 is 2.88 bits per heavy atom. The lowest BCUT2D eigenvalue weighted by Crippen LogP contribution is -2.02. The average molecular weight is 245 g/mol. The first-order valence-corrected chi connectivity index (χ1v) is 6.64. The van der Waals surface area contributed by atoms with Crippen LogP contribution in [0.5, 0.6) is 0 Å². The maximum atomic E-state index is 12.2. The third-order valence-corrected chi connectivity index (χ3v) is 3.35. The molecule has 1 aromatic carbocycles. The molecule has 0 spiro atoms. The van der Waals surface area contributed by atoms with E-state index in [2.05, 4.69) is 18.0 Å². The van der Waals surface area contributed by atoms with Gasteiger partial charge in [-0.25, -0.2) is 4.98 Å². The summed E-state index contributed by atoms with van der Waals surface area (Å²) in [5.74, 6) is 0.0207. The standard InChI is InChI=1S/C14H15NOS/c1-3-5-11-6-4-7-12(8-11)14(16)13-9-17-10(2)15-13/h4,6-9H,3,5H2,1-2H3. The molecule has 2 aromatic rings. The molecule has 0 saturated carbocycles. The van der Waals surface area contributed by atoms with Crippen molar-refractivity contribution in [3.05, 3.63) is 51.5 Å². The first-order valence-electron chi connectivity index (χ1n) is 5.76. The van der Waals surface area contributed by atoms with Gasteiger partial charge in [0.25, 0.3) is 0 Å². The molecule has 0 unspecified atom stereocenters. The van der Waals surface area contributed by atoms with Gasteiger partial charge in [-0.1, -0.05) is 31.5 Å². The van der Waals surface area contributed by atoms with Crippen LogP contribution in [-0.4, -0.2) is 10.8 Å². The second-order valence-corrected chi connectivity index (χ2v) is 5.09. The number of aromatic nitrogens is 1. The first-order chi connectivity index (χ1) is 8.20. The van der Waals surface area contributed by atoms with E-state index < -0.39 is 0 Å². The predicted octanol–water partition coefficient (Wildman–Crippen LogP) is 3.64. The Bertz CT molecular complexity index is 531. The zero-order valence-electron chi connectivity index (χ0n) is 10.1. The third-order valence-electron chi connectivity index (χ3n) is 2.58. The zero-order valence-corrected chi connectivity index (χ0v) is 10.9. The fourth-order valence-corrected chi connectivity index (χ4v) is 2.37. The maximum absolute atomic E-state index is 12.2. The first kappa shape index (κ1) is 12.0. The smallest absolute Gasteiger partial charge is 0.212 e. The number of benzene rings is 1. The van der Waals surface area contributed by atoms with Gasteiger partial charge < -0.3 is 0 Å². The van der Waals surface area contributed by atoms with E-state index in [1.54, 1.807) is 0 Å². The van der Waals surface area contributed by atoms with Gasteiger partial charge >= 0.3 is 0 Å². The van der Waals surface area contributed by atoms with Gasteiger partial charge in [0.1, 0.15) is 5.69 Å². The fourth-order valence-electron chi connectivity index (χ4n) is 1.77. The minimum atomic E-state index is 0.0207. The SMILES string of the molecule is CCCc1cccc(C(=O)c2csc(C)n2)c1. The highest BCUT2D eigenvalue weighted by Crippen LogP contribution is 2.15. The Hall–Kier alpha value is -1.48. The number of ketones is 1. The van der Waals surface area contributed by atoms with E-state index in [1.165, 1.54) is 16.9 Å². The maximum Gasteiger partial charge on any atom is 0.212 e. The van der Waals surface area contributed by atoms with Gasteiger partial charge in [0.05, 0.1) is 5.01 Å². The molecule has 2 nitrogen and oxygen atoms in total. The number of aryl methyl sites for hydroxylation is 2. The van der Waals surface area contributed by atoms with Crippen molar-refractivity contribution in [2.24, 2.45) is 0 Å². The molecule has 0 aliphatic heterocycles. The molecule has 0 aliphatic carbocycles. The van der Waals surface area contributed by atoms with Crippen LogP contribution >= 0.6 is 11.3 Å². The normalized spacial score (nSPS) is 10.5. The molecule has 0 fully saturated rings. The molecular formula is C14H15NOS. The number of hydrogen-bond donors (Lipinski definition) is 0. The van der Waals surface area contributed by atoms with Gasteiger partial charge in [-0.3, -0.25) is 4.79 Å². The lowest BCUT2D eigenvalue weighted by Gasteiger charge is -2.02. The molecule has 3 heteroatoms. The summed E-state index contributed by atoms with van der Waals surface area (Å²) >= 11 is 1.51. The van der Waals surface area contributed by atoms with Crippen molar-refractivity contribution in [3.8, 4) is 0 Å². The highest BCUT2D eigenvalue weighted by Gasteiger charge is 2.12. The van der Waals surface area contributed by atoms with Gasteiger partial charge in [-0.2, -0.15) is 0 Å². The van der Waals surface area contributed by atoms with Crippen LogP contribution in [0.1, 0.15) is 40.0 Å². The molecule has 0 aliphatic rings. The summed E-state index contributed by atoms with van der Waals surface area (Å²) in [6.07, 6.45) is 2.10. The Labute approximate surface area is 105 Å². The average Bonchev–Trinajstić information content (AvgIpc) is 2.76. The molecule has 88 valence electrons. The molecule has 1 heterocycles. The van der Waals surface area contributed by atoms with Gasteiger partial charge in [0.2, 0.25) is 5.78 Å². The molecular weight excluding hydrogens is 230 g/mol. The molecule has 0 amide bonds. The summed E-state index contributed by atoms with van der Waals surface area (Å²) in [7, 11) is 0. The quantitative estimate of drug-likeness (QED) is 0.770. The number of nitrogens with zero attached hydrogens (tertiary/aromatic N) is 1. The Morgan fingerprint density at radius 2 is 2.24 bits per heavy atom. The molecule has 0 N–H and O–H groups in total. The third kappa shape index (κ3) is 2.80. The van der Waals surface area contributed by atoms with Crippen molar-refractivity contribution in [2.45, 2.75) is 26.7 Å². The van der Waals surface area contributed by atoms with Gasteiger partial charge in [-0.05, 0) is 25.0 Å². The molecule has 0 atom stereocenters. The summed E-state index contributed by atoms with van der Waals surface area (Å²) in [5, 5.41) is 2.75. The Balaban J connectivity index is 2.27. The van der Waals surface area contributed by atoms with Crippen molar-refractivity contribution >= 4 is 17.1 Å². The molecule has 0 bridgehead atoms. The summed E-state index contributed by atoms with van der Waals surface area (Å²) < 4.78 is 0. The monoisotopic (exact) mass is 245 g/mol. The number of carbonyl (C=O) groups excluding carboxylic acids is 1. The fraction of sp³-hybridized carbons (Fsp3) is 0.286. The van der Waals surface area contributed by atoms with E-state index >= 15 is 0 Å². The van der Waals surface area contributed by atoms with Crippen molar-refractivity contribution < 1.29 is 4.79 Å². The van der Waals surface area contributed by atoms with Crippen LogP contribution in [0.3, 0.4) is 0 Å². The number of hydrogen-bond acceptors (Lipinski definition) is 3. The number of rotatable bonds is 4. The zero-order chi connectivity index (χ0) is 12.3. The summed E-state index contributed by atoms with van der Waals surface area (Å²) in [6, 6.07) is 7.83. The largest absolute Gasteiger partial charge is 0.287 e. The van der Waals surface area contributed by atoms with E-state index in [4.69, 9.17) is 0 Å². The number of thiazole rings is 1. The van der Waals surface area contributed by atoms with Crippen molar-refractivity contribution in [1.29, 1.82) is 0 Å². The van der Waals surface area contributed by atoms with Crippen LogP contribution in [0, 0.1) is 6.92 Å². The molecule has 1 aromatic heterocycles. The topological polar surface area (TPSA) is 30.0 Å². The summed E-state index contributed by atoms with van der Waals surface area (Å²) in [5.41, 5.74) is 2.51. The highest BCUT2D eigenvalue weighted by molar-refractivity contribution is 7.09. The van der Waals surface area contributed by atoms with Crippen LogP contribution in [0.4, 0.5) is 0 Å². The van der Waals surface area contributed by atoms with E-state index in [9.17, 15) is 4.79 Å². The molecule has 17 heavy (non-hydrogen) atoms. The van der Waals surface area contributed by atoms with Crippen molar-refractivity contribution in [1.82, 2.24) is 4.98 Å². The van der Waals surface area contributed by atoms with Crippen LogP contribution in [-0.2, 0) is 6.42 Å². The highest BCUT2D eigenvalue weighted by atomic mass is 32.1. The second-order valence-electron chi connectivity index (χ2n) is 4.03. The molecule has 2 rings (SSSR count). The van der Waals surface area contributed by atoms with E-state index in [0.717, 1.165) is 23.4 Å². The predicted molar refractivity (Wildman–Crippen MR) is 70.7 cm³/mol. The van der Waals surface area contributed by atoms with Crippen molar-refractivity contribution in [3.63, 3.8) is 0 Å². The Morgan fingerprint density at radius 1 is 1.41 bits per heavy atom. The minimum absolute atomic E-state index is 0.0207. The van der Waals surface area contributed by atoms with E-state index in [0.29, 0.717) is 5.69 Å². The van der Waals surface area contributed by atoms with E-state index in [-0.39, 0.29) is 5.78 Å². The number of carbonyl (C=O) groups is 1. The Kier molecular flexibility index (Phi) is 3.69. The van der Waals surface area contributed by atoms with Gasteiger partial charge in [0, 0.05) is 10.9 Å². The molecule has 0 radical (unpaired) electrons. The minimum Gasteiger partial charge on any atom is -0.287 e. The summed E-state index contributed by atoms with van der Waals surface area (Å²) in [6.45, 7) is 4.05. The lowest BCUT2D eigenvalue weighted by atomic mass is 10.0. The van der Waals surface area contributed by atoms with E-state index in [1.807, 2.05) is 30.5 Å². The van der Waals surface area contributed by atoms with Gasteiger partial charge in [-0.15, -0.1) is 11.3 Å². The van der Waals surface area contributed by atoms with Gasteiger partial charge in [0.15, 0.2) is 0 Å². The second kappa shape index (κ2) is 5.23.